The molecular weight excluding hydrogens is 390 g/mol. The largest absolute Gasteiger partial charge is 0.480 e. The van der Waals surface area contributed by atoms with E-state index in [0.29, 0.717) is 10.8 Å². The zero-order valence-electron chi connectivity index (χ0n) is 14.7. The van der Waals surface area contributed by atoms with Crippen molar-refractivity contribution in [1.29, 1.82) is 0 Å². The highest BCUT2D eigenvalue weighted by atomic mass is 32.2. The quantitative estimate of drug-likeness (QED) is 0.393. The van der Waals surface area contributed by atoms with Crippen LogP contribution in [0, 0.1) is 0 Å². The van der Waals surface area contributed by atoms with Crippen molar-refractivity contribution in [1.82, 2.24) is 4.72 Å². The summed E-state index contributed by atoms with van der Waals surface area (Å²) in [6.07, 6.45) is 1.40. The van der Waals surface area contributed by atoms with E-state index < -0.39 is 22.0 Å². The fourth-order valence-corrected chi connectivity index (χ4v) is 4.41. The second kappa shape index (κ2) is 9.40. The number of benzene rings is 1. The molecule has 1 aromatic carbocycles. The number of carboxylic acids is 1. The molecule has 2 rings (SSSR count). The predicted molar refractivity (Wildman–Crippen MR) is 104 cm³/mol. The normalized spacial score (nSPS) is 13.6. The molecule has 8 nitrogen and oxygen atoms in total. The van der Waals surface area contributed by atoms with Gasteiger partial charge < -0.3 is 9.94 Å². The molecule has 0 saturated carbocycles. The van der Waals surface area contributed by atoms with Gasteiger partial charge in [0.05, 0.1) is 11.1 Å². The summed E-state index contributed by atoms with van der Waals surface area (Å²) in [6.45, 7) is 1.63. The van der Waals surface area contributed by atoms with Gasteiger partial charge in [0, 0.05) is 14.0 Å². The Hall–Kier alpha value is -2.56. The van der Waals surface area contributed by atoms with Gasteiger partial charge >= 0.3 is 5.97 Å². The Balaban J connectivity index is 2.11. The topological polar surface area (TPSA) is 117 Å². The Morgan fingerprint density at radius 1 is 1.30 bits per heavy atom. The molecule has 10 heteroatoms. The van der Waals surface area contributed by atoms with E-state index in [1.165, 1.54) is 12.3 Å². The van der Waals surface area contributed by atoms with Crippen LogP contribution in [-0.4, -0.2) is 44.7 Å². The number of aliphatic carboxylic acids is 1. The number of rotatable bonds is 8. The van der Waals surface area contributed by atoms with E-state index in [-0.39, 0.29) is 10.6 Å². The van der Waals surface area contributed by atoms with Gasteiger partial charge in [-0.1, -0.05) is 35.5 Å². The highest BCUT2D eigenvalue weighted by Crippen LogP contribution is 2.21. The average molecular weight is 409 g/mol. The number of aliphatic imine (C=N–C) groups is 1. The summed E-state index contributed by atoms with van der Waals surface area (Å²) in [6, 6.07) is 10.5. The van der Waals surface area contributed by atoms with Gasteiger partial charge in [0.1, 0.15) is 10.3 Å². The SMILES string of the molecule is CN=C(C)O/N=C/c1ccc(S(=O)(=O)NC(Cc2ccccc2)C(=O)O)s1. The van der Waals surface area contributed by atoms with E-state index in [2.05, 4.69) is 14.9 Å². The summed E-state index contributed by atoms with van der Waals surface area (Å²) in [5, 5.41) is 13.1. The van der Waals surface area contributed by atoms with Crippen LogP contribution in [-0.2, 0) is 26.1 Å². The van der Waals surface area contributed by atoms with Gasteiger partial charge in [-0.25, -0.2) is 8.42 Å². The van der Waals surface area contributed by atoms with Crippen LogP contribution in [0.3, 0.4) is 0 Å². The van der Waals surface area contributed by atoms with Crippen molar-refractivity contribution >= 4 is 39.4 Å². The number of nitrogens with zero attached hydrogens (tertiary/aromatic N) is 2. The molecule has 2 N–H and O–H groups in total. The Bertz CT molecular complexity index is 936. The maximum atomic E-state index is 12.5. The summed E-state index contributed by atoms with van der Waals surface area (Å²) in [4.78, 5) is 20.7. The molecule has 1 heterocycles. The van der Waals surface area contributed by atoms with Crippen LogP contribution in [0.25, 0.3) is 0 Å². The average Bonchev–Trinajstić information content (AvgIpc) is 3.11. The summed E-state index contributed by atoms with van der Waals surface area (Å²) in [5.41, 5.74) is 0.719. The molecule has 1 atom stereocenters. The molecule has 0 radical (unpaired) electrons. The fraction of sp³-hybridized carbons (Fsp3) is 0.235. The van der Waals surface area contributed by atoms with Crippen molar-refractivity contribution in [2.24, 2.45) is 10.1 Å². The van der Waals surface area contributed by atoms with Gasteiger partial charge in [0.15, 0.2) is 0 Å². The smallest absolute Gasteiger partial charge is 0.322 e. The molecule has 0 aliphatic carbocycles. The van der Waals surface area contributed by atoms with Crippen LogP contribution < -0.4 is 4.72 Å². The maximum absolute atomic E-state index is 12.5. The molecule has 0 saturated heterocycles. The van der Waals surface area contributed by atoms with Crippen molar-refractivity contribution < 1.29 is 23.2 Å². The molecule has 0 amide bonds. The highest BCUT2D eigenvalue weighted by molar-refractivity contribution is 7.91. The summed E-state index contributed by atoms with van der Waals surface area (Å²) in [7, 11) is -2.43. The number of hydrogen-bond donors (Lipinski definition) is 2. The number of nitrogens with one attached hydrogen (secondary N) is 1. The summed E-state index contributed by atoms with van der Waals surface area (Å²) in [5.74, 6) is -0.883. The second-order valence-corrected chi connectivity index (χ2v) is 8.48. The third-order valence-electron chi connectivity index (χ3n) is 3.42. The first-order valence-electron chi connectivity index (χ1n) is 7.84. The molecule has 1 aromatic heterocycles. The van der Waals surface area contributed by atoms with E-state index in [0.717, 1.165) is 16.9 Å². The fourth-order valence-electron chi connectivity index (χ4n) is 2.02. The molecule has 2 aromatic rings. The lowest BCUT2D eigenvalue weighted by Gasteiger charge is -2.14. The molecule has 144 valence electrons. The van der Waals surface area contributed by atoms with Crippen LogP contribution in [0.4, 0.5) is 0 Å². The van der Waals surface area contributed by atoms with E-state index in [4.69, 9.17) is 4.84 Å². The van der Waals surface area contributed by atoms with Crippen LogP contribution >= 0.6 is 11.3 Å². The molecule has 0 aliphatic heterocycles. The molecule has 27 heavy (non-hydrogen) atoms. The van der Waals surface area contributed by atoms with Crippen molar-refractivity contribution in [3.05, 3.63) is 52.9 Å². The van der Waals surface area contributed by atoms with Gasteiger partial charge in [-0.15, -0.1) is 11.3 Å². The van der Waals surface area contributed by atoms with Crippen LogP contribution in [0.5, 0.6) is 0 Å². The van der Waals surface area contributed by atoms with E-state index in [1.807, 2.05) is 0 Å². The maximum Gasteiger partial charge on any atom is 0.322 e. The number of thiophene rings is 1. The Kier molecular flexibility index (Phi) is 7.22. The number of hydrogen-bond acceptors (Lipinski definition) is 7. The van der Waals surface area contributed by atoms with Crippen LogP contribution in [0.15, 0.2) is 56.8 Å². The third-order valence-corrected chi connectivity index (χ3v) is 6.41. The van der Waals surface area contributed by atoms with E-state index in [9.17, 15) is 18.3 Å². The first kappa shape index (κ1) is 20.7. The monoisotopic (exact) mass is 409 g/mol. The van der Waals surface area contributed by atoms with Crippen LogP contribution in [0.2, 0.25) is 0 Å². The second-order valence-electron chi connectivity index (χ2n) is 5.43. The van der Waals surface area contributed by atoms with Crippen molar-refractivity contribution in [3.63, 3.8) is 0 Å². The third kappa shape index (κ3) is 6.27. The van der Waals surface area contributed by atoms with E-state index >= 15 is 0 Å². The number of carboxylic acid groups (broad SMARTS) is 1. The lowest BCUT2D eigenvalue weighted by atomic mass is 10.1. The zero-order chi connectivity index (χ0) is 19.9. The Labute approximate surface area is 161 Å². The molecule has 0 aliphatic rings. The Morgan fingerprint density at radius 3 is 2.63 bits per heavy atom. The van der Waals surface area contributed by atoms with Crippen molar-refractivity contribution in [2.45, 2.75) is 23.6 Å². The lowest BCUT2D eigenvalue weighted by molar-refractivity contribution is -0.138. The molecule has 0 bridgehead atoms. The molecule has 1 unspecified atom stereocenters. The highest BCUT2D eigenvalue weighted by Gasteiger charge is 2.26. The predicted octanol–water partition coefficient (Wildman–Crippen LogP) is 2.12. The Morgan fingerprint density at radius 2 is 2.00 bits per heavy atom. The minimum atomic E-state index is -3.99. The van der Waals surface area contributed by atoms with Crippen molar-refractivity contribution in [3.8, 4) is 0 Å². The standard InChI is InChI=1S/C17H19N3O5S2/c1-12(18-2)25-19-11-14-8-9-16(26-14)27(23,24)20-15(17(21)22)10-13-6-4-3-5-7-13/h3-9,11,15,20H,10H2,1-2H3,(H,21,22)/b18-12?,19-11+. The molecular formula is C17H19N3O5S2. The summed E-state index contributed by atoms with van der Waals surface area (Å²) < 4.78 is 27.3. The van der Waals surface area contributed by atoms with Gasteiger partial charge in [-0.05, 0) is 24.1 Å². The van der Waals surface area contributed by atoms with Gasteiger partial charge in [-0.2, -0.15) is 4.72 Å². The number of sulfonamides is 1. The molecule has 0 fully saturated rings. The minimum Gasteiger partial charge on any atom is -0.480 e. The van der Waals surface area contributed by atoms with Gasteiger partial charge in [0.25, 0.3) is 10.0 Å². The first-order valence-corrected chi connectivity index (χ1v) is 10.1. The number of oxime groups is 1. The zero-order valence-corrected chi connectivity index (χ0v) is 16.3. The van der Waals surface area contributed by atoms with Crippen molar-refractivity contribution in [2.75, 3.05) is 7.05 Å². The summed E-state index contributed by atoms with van der Waals surface area (Å²) >= 11 is 0.947. The van der Waals surface area contributed by atoms with Gasteiger partial charge in [0.2, 0.25) is 5.90 Å². The number of carbonyl (C=O) groups is 1. The van der Waals surface area contributed by atoms with Crippen LogP contribution in [0.1, 0.15) is 17.4 Å². The minimum absolute atomic E-state index is 0.0101. The lowest BCUT2D eigenvalue weighted by Crippen LogP contribution is -2.42. The molecule has 0 spiro atoms. The van der Waals surface area contributed by atoms with Gasteiger partial charge in [-0.3, -0.25) is 9.79 Å². The van der Waals surface area contributed by atoms with E-state index in [1.54, 1.807) is 50.4 Å². The first-order chi connectivity index (χ1) is 12.8.